The normalized spacial score (nSPS) is 18.1. The van der Waals surface area contributed by atoms with Crippen LogP contribution in [0.3, 0.4) is 0 Å². The average molecular weight is 501 g/mol. The van der Waals surface area contributed by atoms with Crippen LogP contribution in [-0.4, -0.2) is 48.1 Å². The Labute approximate surface area is 215 Å². The first kappa shape index (κ1) is 27.3. The summed E-state index contributed by atoms with van der Waals surface area (Å²) in [6, 6.07) is 6.79. The van der Waals surface area contributed by atoms with E-state index < -0.39 is 0 Å². The van der Waals surface area contributed by atoms with Crippen molar-refractivity contribution in [1.29, 1.82) is 0 Å². The predicted molar refractivity (Wildman–Crippen MR) is 146 cm³/mol. The molecule has 1 amide bonds. The number of benzene rings is 1. The van der Waals surface area contributed by atoms with Crippen LogP contribution in [-0.2, 0) is 13.1 Å². The molecule has 3 rings (SSSR count). The molecule has 0 spiro atoms. The summed E-state index contributed by atoms with van der Waals surface area (Å²) < 4.78 is 1.74. The third kappa shape index (κ3) is 5.92. The van der Waals surface area contributed by atoms with Crippen molar-refractivity contribution in [2.75, 3.05) is 25.5 Å². The van der Waals surface area contributed by atoms with Gasteiger partial charge in [0.05, 0.1) is 0 Å². The van der Waals surface area contributed by atoms with Gasteiger partial charge in [0.2, 0.25) is 0 Å². The topological polar surface area (TPSA) is 57.6 Å². The standard InChI is InChI=1S/C28H41ClN4O2/c1-8-32-19(4)14-18(3)25(28(32)35)17-30-27(34)24-15-21(29)16-26(20(24)5)33(9-2)23-12-10-22(11-13-23)31(6)7/h14-16,22-23H,8-13,17H2,1-7H3,(H,30,34). The van der Waals surface area contributed by atoms with Gasteiger partial charge in [-0.3, -0.25) is 9.59 Å². The quantitative estimate of drug-likeness (QED) is 0.549. The maximum atomic E-state index is 13.3. The molecule has 1 aromatic carbocycles. The van der Waals surface area contributed by atoms with Crippen molar-refractivity contribution in [1.82, 2.24) is 14.8 Å². The summed E-state index contributed by atoms with van der Waals surface area (Å²) in [7, 11) is 4.31. The van der Waals surface area contributed by atoms with Crippen molar-refractivity contribution < 1.29 is 4.79 Å². The van der Waals surface area contributed by atoms with Gasteiger partial charge in [0.25, 0.3) is 11.5 Å². The van der Waals surface area contributed by atoms with E-state index in [0.29, 0.717) is 34.8 Å². The summed E-state index contributed by atoms with van der Waals surface area (Å²) in [6.07, 6.45) is 4.60. The van der Waals surface area contributed by atoms with E-state index in [1.165, 1.54) is 12.8 Å². The Morgan fingerprint density at radius 3 is 2.26 bits per heavy atom. The lowest BCUT2D eigenvalue weighted by molar-refractivity contribution is 0.0950. The molecular weight excluding hydrogens is 460 g/mol. The van der Waals surface area contributed by atoms with Gasteiger partial charge in [-0.1, -0.05) is 11.6 Å². The number of halogens is 1. The van der Waals surface area contributed by atoms with Gasteiger partial charge in [-0.05, 0) is 104 Å². The first-order chi connectivity index (χ1) is 16.6. The van der Waals surface area contributed by atoms with Crippen LogP contribution in [0.5, 0.6) is 0 Å². The number of amides is 1. The first-order valence-corrected chi connectivity index (χ1v) is 13.2. The molecule has 1 fully saturated rings. The Morgan fingerprint density at radius 1 is 1.06 bits per heavy atom. The van der Waals surface area contributed by atoms with Gasteiger partial charge in [0, 0.05) is 59.2 Å². The number of hydrogen-bond acceptors (Lipinski definition) is 4. The highest BCUT2D eigenvalue weighted by atomic mass is 35.5. The lowest BCUT2D eigenvalue weighted by Gasteiger charge is -2.40. The number of carbonyl (C=O) groups excluding carboxylic acids is 1. The Morgan fingerprint density at radius 2 is 1.69 bits per heavy atom. The van der Waals surface area contributed by atoms with E-state index in [1.54, 1.807) is 10.6 Å². The maximum absolute atomic E-state index is 13.3. The van der Waals surface area contributed by atoms with Crippen molar-refractivity contribution in [3.05, 3.63) is 61.5 Å². The van der Waals surface area contributed by atoms with Crippen LogP contribution in [0.15, 0.2) is 23.0 Å². The van der Waals surface area contributed by atoms with Gasteiger partial charge in [-0.15, -0.1) is 0 Å². The molecule has 0 aliphatic heterocycles. The molecule has 0 radical (unpaired) electrons. The van der Waals surface area contributed by atoms with Gasteiger partial charge in [0.1, 0.15) is 0 Å². The minimum atomic E-state index is -0.207. The molecular formula is C28H41ClN4O2. The molecule has 2 aromatic rings. The fraction of sp³-hybridized carbons (Fsp3) is 0.571. The van der Waals surface area contributed by atoms with E-state index in [4.69, 9.17) is 11.6 Å². The van der Waals surface area contributed by atoms with Gasteiger partial charge in [-0.2, -0.15) is 0 Å². The smallest absolute Gasteiger partial charge is 0.255 e. The molecule has 1 saturated carbocycles. The molecule has 1 heterocycles. The van der Waals surface area contributed by atoms with Gasteiger partial charge < -0.3 is 19.7 Å². The van der Waals surface area contributed by atoms with E-state index in [9.17, 15) is 9.59 Å². The van der Waals surface area contributed by atoms with Crippen molar-refractivity contribution >= 4 is 23.2 Å². The van der Waals surface area contributed by atoms with Crippen LogP contribution < -0.4 is 15.8 Å². The van der Waals surface area contributed by atoms with Crippen molar-refractivity contribution in [2.24, 2.45) is 0 Å². The predicted octanol–water partition coefficient (Wildman–Crippen LogP) is 5.08. The number of pyridine rings is 1. The van der Waals surface area contributed by atoms with E-state index >= 15 is 0 Å². The second kappa shape index (κ2) is 11.6. The lowest BCUT2D eigenvalue weighted by Crippen LogP contribution is -2.42. The number of rotatable bonds is 8. The van der Waals surface area contributed by atoms with Crippen molar-refractivity contribution in [3.63, 3.8) is 0 Å². The van der Waals surface area contributed by atoms with Crippen LogP contribution in [0.2, 0.25) is 5.02 Å². The largest absolute Gasteiger partial charge is 0.369 e. The highest BCUT2D eigenvalue weighted by molar-refractivity contribution is 6.31. The molecule has 35 heavy (non-hydrogen) atoms. The second-order valence-corrected chi connectivity index (χ2v) is 10.4. The molecule has 0 unspecified atom stereocenters. The minimum Gasteiger partial charge on any atom is -0.369 e. The van der Waals surface area contributed by atoms with Crippen LogP contribution in [0.4, 0.5) is 5.69 Å². The molecule has 192 valence electrons. The summed E-state index contributed by atoms with van der Waals surface area (Å²) in [5.41, 5.74) is 4.92. The van der Waals surface area contributed by atoms with Crippen molar-refractivity contribution in [2.45, 2.75) is 85.5 Å². The van der Waals surface area contributed by atoms with Crippen LogP contribution >= 0.6 is 11.6 Å². The first-order valence-electron chi connectivity index (χ1n) is 12.8. The number of aryl methyl sites for hydroxylation is 2. The van der Waals surface area contributed by atoms with Gasteiger partial charge >= 0.3 is 0 Å². The number of aromatic nitrogens is 1. The fourth-order valence-electron chi connectivity index (χ4n) is 5.55. The summed E-state index contributed by atoms with van der Waals surface area (Å²) in [6.45, 7) is 11.6. The summed E-state index contributed by atoms with van der Waals surface area (Å²) in [4.78, 5) is 30.9. The molecule has 0 atom stereocenters. The molecule has 0 bridgehead atoms. The molecule has 6 nitrogen and oxygen atoms in total. The highest BCUT2D eigenvalue weighted by Crippen LogP contribution is 2.34. The molecule has 1 aliphatic carbocycles. The Balaban J connectivity index is 1.83. The zero-order chi connectivity index (χ0) is 25.9. The summed E-state index contributed by atoms with van der Waals surface area (Å²) in [5.74, 6) is -0.207. The summed E-state index contributed by atoms with van der Waals surface area (Å²) >= 11 is 6.53. The molecule has 1 aromatic heterocycles. The number of hydrogen-bond donors (Lipinski definition) is 1. The highest BCUT2D eigenvalue weighted by Gasteiger charge is 2.28. The van der Waals surface area contributed by atoms with Crippen LogP contribution in [0, 0.1) is 20.8 Å². The van der Waals surface area contributed by atoms with E-state index in [1.807, 2.05) is 39.8 Å². The number of carbonyl (C=O) groups is 1. The Kier molecular flexibility index (Phi) is 9.05. The SMILES string of the molecule is CCN(c1cc(Cl)cc(C(=O)NCc2c(C)cc(C)n(CC)c2=O)c1C)C1CCC(N(C)C)CC1. The lowest BCUT2D eigenvalue weighted by atomic mass is 9.89. The molecule has 1 aliphatic rings. The second-order valence-electron chi connectivity index (χ2n) is 9.99. The number of anilines is 1. The zero-order valence-electron chi connectivity index (χ0n) is 22.4. The zero-order valence-corrected chi connectivity index (χ0v) is 23.1. The van der Waals surface area contributed by atoms with E-state index in [2.05, 4.69) is 36.1 Å². The molecule has 7 heteroatoms. The molecule has 1 N–H and O–H groups in total. The van der Waals surface area contributed by atoms with Crippen LogP contribution in [0.1, 0.15) is 72.3 Å². The van der Waals surface area contributed by atoms with Crippen LogP contribution in [0.25, 0.3) is 0 Å². The van der Waals surface area contributed by atoms with E-state index in [-0.39, 0.29) is 18.0 Å². The Bertz CT molecular complexity index is 1120. The van der Waals surface area contributed by atoms with Gasteiger partial charge in [0.15, 0.2) is 0 Å². The fourth-order valence-corrected chi connectivity index (χ4v) is 5.76. The molecule has 0 saturated heterocycles. The number of nitrogens with one attached hydrogen (secondary N) is 1. The van der Waals surface area contributed by atoms with Gasteiger partial charge in [-0.25, -0.2) is 0 Å². The summed E-state index contributed by atoms with van der Waals surface area (Å²) in [5, 5.41) is 3.53. The third-order valence-corrected chi connectivity index (χ3v) is 7.87. The van der Waals surface area contributed by atoms with E-state index in [0.717, 1.165) is 41.9 Å². The van der Waals surface area contributed by atoms with Crippen molar-refractivity contribution in [3.8, 4) is 0 Å². The third-order valence-electron chi connectivity index (χ3n) is 7.65. The number of nitrogens with zero attached hydrogens (tertiary/aromatic N) is 3. The minimum absolute atomic E-state index is 0.0423. The maximum Gasteiger partial charge on any atom is 0.255 e. The average Bonchev–Trinajstić information content (AvgIpc) is 2.81. The monoisotopic (exact) mass is 500 g/mol. The Hall–Kier alpha value is -2.31.